The summed E-state index contributed by atoms with van der Waals surface area (Å²) in [5, 5.41) is 11.6. The number of aryl methyl sites for hydroxylation is 1. The zero-order chi connectivity index (χ0) is 22.2. The van der Waals surface area contributed by atoms with E-state index in [1.807, 2.05) is 29.2 Å². The number of fused-ring (bicyclic) bond motifs is 3. The van der Waals surface area contributed by atoms with E-state index in [4.69, 9.17) is 4.42 Å². The van der Waals surface area contributed by atoms with Gasteiger partial charge in [-0.3, -0.25) is 14.6 Å². The minimum absolute atomic E-state index is 0.0568. The summed E-state index contributed by atoms with van der Waals surface area (Å²) in [6, 6.07) is 13.0. The maximum atomic E-state index is 13.4. The highest BCUT2D eigenvalue weighted by Crippen LogP contribution is 2.34. The van der Waals surface area contributed by atoms with Crippen molar-refractivity contribution in [3.8, 4) is 5.75 Å². The average molecular weight is 429 g/mol. The van der Waals surface area contributed by atoms with Crippen molar-refractivity contribution in [3.63, 3.8) is 0 Å². The van der Waals surface area contributed by atoms with Crippen molar-refractivity contribution in [2.24, 2.45) is 0 Å². The van der Waals surface area contributed by atoms with Gasteiger partial charge in [0.05, 0.1) is 12.5 Å². The first kappa shape index (κ1) is 20.1. The fourth-order valence-electron chi connectivity index (χ4n) is 4.52. The van der Waals surface area contributed by atoms with Crippen LogP contribution in [0.1, 0.15) is 40.7 Å². The third-order valence-corrected chi connectivity index (χ3v) is 6.09. The highest BCUT2D eigenvalue weighted by molar-refractivity contribution is 5.86. The Balaban J connectivity index is 1.45. The standard InChI is InChI=1S/C25H23N3O4/c1-15-11-22(29)24(31)25(32-15)19(16-5-4-9-26-13-16)12-23(30)28-10-8-18-17-6-2-3-7-20(17)27-21(18)14-28/h2-7,9,11,13,19,27,31H,8,10,12,14H2,1H3/t19-/m1/s1. The Kier molecular flexibility index (Phi) is 5.01. The molecule has 0 radical (unpaired) electrons. The SMILES string of the molecule is Cc1cc(=O)c(O)c([C@H](CC(=O)N2CCc3c([nH]c4ccccc34)C2)c2cccnc2)o1. The van der Waals surface area contributed by atoms with Gasteiger partial charge in [0.1, 0.15) is 5.76 Å². The predicted molar refractivity (Wildman–Crippen MR) is 119 cm³/mol. The smallest absolute Gasteiger partial charge is 0.227 e. The summed E-state index contributed by atoms with van der Waals surface area (Å²) in [6.45, 7) is 2.75. The van der Waals surface area contributed by atoms with E-state index in [0.717, 1.165) is 17.6 Å². The molecule has 1 atom stereocenters. The van der Waals surface area contributed by atoms with Crippen LogP contribution in [0.15, 0.2) is 64.1 Å². The lowest BCUT2D eigenvalue weighted by atomic mass is 9.92. The third-order valence-electron chi connectivity index (χ3n) is 6.09. The van der Waals surface area contributed by atoms with Crippen LogP contribution >= 0.6 is 0 Å². The maximum absolute atomic E-state index is 13.4. The topological polar surface area (TPSA) is 99.4 Å². The number of aromatic nitrogens is 2. The Labute approximate surface area is 184 Å². The zero-order valence-electron chi connectivity index (χ0n) is 17.7. The Hall–Kier alpha value is -3.87. The van der Waals surface area contributed by atoms with Gasteiger partial charge in [-0.15, -0.1) is 0 Å². The van der Waals surface area contributed by atoms with Gasteiger partial charge >= 0.3 is 0 Å². The lowest BCUT2D eigenvalue weighted by Gasteiger charge is -2.29. The number of para-hydroxylation sites is 1. The number of nitrogens with zero attached hydrogens (tertiary/aromatic N) is 2. The number of amides is 1. The van der Waals surface area contributed by atoms with Crippen LogP contribution in [-0.2, 0) is 17.8 Å². The summed E-state index contributed by atoms with van der Waals surface area (Å²) in [4.78, 5) is 34.9. The second-order valence-electron chi connectivity index (χ2n) is 8.17. The van der Waals surface area contributed by atoms with Gasteiger partial charge in [0.25, 0.3) is 0 Å². The van der Waals surface area contributed by atoms with Crippen molar-refractivity contribution < 1.29 is 14.3 Å². The largest absolute Gasteiger partial charge is 0.502 e. The van der Waals surface area contributed by atoms with E-state index in [1.54, 1.807) is 25.4 Å². The van der Waals surface area contributed by atoms with Crippen LogP contribution in [0.3, 0.4) is 0 Å². The minimum atomic E-state index is -0.618. The van der Waals surface area contributed by atoms with E-state index in [9.17, 15) is 14.7 Å². The van der Waals surface area contributed by atoms with E-state index >= 15 is 0 Å². The number of H-pyrrole nitrogens is 1. The molecule has 7 heteroatoms. The molecule has 0 saturated heterocycles. The molecule has 162 valence electrons. The Bertz CT molecular complexity index is 1360. The van der Waals surface area contributed by atoms with Crippen molar-refractivity contribution in [3.05, 3.63) is 93.4 Å². The molecule has 0 aliphatic carbocycles. The highest BCUT2D eigenvalue weighted by atomic mass is 16.4. The fourth-order valence-corrected chi connectivity index (χ4v) is 4.52. The first-order valence-corrected chi connectivity index (χ1v) is 10.6. The molecule has 2 N–H and O–H groups in total. The van der Waals surface area contributed by atoms with Crippen LogP contribution in [0.2, 0.25) is 0 Å². The van der Waals surface area contributed by atoms with Gasteiger partial charge in [0, 0.05) is 48.0 Å². The van der Waals surface area contributed by atoms with Crippen LogP contribution in [0.5, 0.6) is 5.75 Å². The van der Waals surface area contributed by atoms with E-state index in [0.29, 0.717) is 24.4 Å². The quantitative estimate of drug-likeness (QED) is 0.516. The molecule has 3 aromatic heterocycles. The Morgan fingerprint density at radius 1 is 1.28 bits per heavy atom. The van der Waals surface area contributed by atoms with Gasteiger partial charge < -0.3 is 19.4 Å². The molecule has 1 amide bonds. The van der Waals surface area contributed by atoms with Crippen molar-refractivity contribution in [2.75, 3.05) is 6.54 Å². The number of carbonyl (C=O) groups excluding carboxylic acids is 1. The molecule has 4 aromatic rings. The molecule has 7 nitrogen and oxygen atoms in total. The second kappa shape index (κ2) is 8.00. The number of hydrogen-bond donors (Lipinski definition) is 2. The van der Waals surface area contributed by atoms with Crippen LogP contribution in [0, 0.1) is 6.92 Å². The molecule has 4 heterocycles. The molecule has 0 fully saturated rings. The first-order chi connectivity index (χ1) is 15.5. The molecular formula is C25H23N3O4. The van der Waals surface area contributed by atoms with Crippen LogP contribution < -0.4 is 5.43 Å². The number of carbonyl (C=O) groups is 1. The lowest BCUT2D eigenvalue weighted by Crippen LogP contribution is -2.36. The van der Waals surface area contributed by atoms with Crippen LogP contribution in [-0.4, -0.2) is 32.4 Å². The summed E-state index contributed by atoms with van der Waals surface area (Å²) in [5.74, 6) is -0.682. The highest BCUT2D eigenvalue weighted by Gasteiger charge is 2.30. The molecule has 1 aromatic carbocycles. The van der Waals surface area contributed by atoms with Gasteiger partial charge in [-0.05, 0) is 36.6 Å². The number of hydrogen-bond acceptors (Lipinski definition) is 5. The Morgan fingerprint density at radius 2 is 2.12 bits per heavy atom. The van der Waals surface area contributed by atoms with E-state index in [1.165, 1.54) is 17.0 Å². The molecule has 0 bridgehead atoms. The molecular weight excluding hydrogens is 406 g/mol. The zero-order valence-corrected chi connectivity index (χ0v) is 17.7. The van der Waals surface area contributed by atoms with Gasteiger partial charge in [-0.1, -0.05) is 24.3 Å². The first-order valence-electron chi connectivity index (χ1n) is 10.6. The molecule has 0 unspecified atom stereocenters. The summed E-state index contributed by atoms with van der Waals surface area (Å²) in [6.07, 6.45) is 4.09. The minimum Gasteiger partial charge on any atom is -0.502 e. The number of aromatic amines is 1. The number of nitrogens with one attached hydrogen (secondary N) is 1. The molecule has 32 heavy (non-hydrogen) atoms. The molecule has 1 aliphatic heterocycles. The van der Waals surface area contributed by atoms with E-state index in [-0.39, 0.29) is 18.1 Å². The van der Waals surface area contributed by atoms with Crippen molar-refractivity contribution in [2.45, 2.75) is 32.2 Å². The predicted octanol–water partition coefficient (Wildman–Crippen LogP) is 3.64. The average Bonchev–Trinajstić information content (AvgIpc) is 3.18. The van der Waals surface area contributed by atoms with E-state index < -0.39 is 17.1 Å². The second-order valence-corrected chi connectivity index (χ2v) is 8.17. The third kappa shape index (κ3) is 3.56. The van der Waals surface area contributed by atoms with Gasteiger partial charge in [-0.25, -0.2) is 0 Å². The molecule has 0 spiro atoms. The number of aromatic hydroxyl groups is 1. The molecule has 5 rings (SSSR count). The lowest BCUT2D eigenvalue weighted by molar-refractivity contribution is -0.132. The number of benzene rings is 1. The summed E-state index contributed by atoms with van der Waals surface area (Å²) in [5.41, 5.74) is 3.56. The summed E-state index contributed by atoms with van der Waals surface area (Å²) < 4.78 is 5.74. The van der Waals surface area contributed by atoms with Crippen LogP contribution in [0.4, 0.5) is 0 Å². The van der Waals surface area contributed by atoms with Gasteiger partial charge in [0.2, 0.25) is 17.1 Å². The normalized spacial score (nSPS) is 14.3. The molecule has 0 saturated carbocycles. The van der Waals surface area contributed by atoms with E-state index in [2.05, 4.69) is 16.0 Å². The Morgan fingerprint density at radius 3 is 2.94 bits per heavy atom. The monoisotopic (exact) mass is 429 g/mol. The van der Waals surface area contributed by atoms with Gasteiger partial charge in [0.15, 0.2) is 5.76 Å². The fraction of sp³-hybridized carbons (Fsp3) is 0.240. The molecule has 1 aliphatic rings. The van der Waals surface area contributed by atoms with Crippen LogP contribution in [0.25, 0.3) is 10.9 Å². The van der Waals surface area contributed by atoms with Crippen molar-refractivity contribution in [1.29, 1.82) is 0 Å². The van der Waals surface area contributed by atoms with Crippen molar-refractivity contribution in [1.82, 2.24) is 14.9 Å². The number of pyridine rings is 1. The summed E-state index contributed by atoms with van der Waals surface area (Å²) >= 11 is 0. The summed E-state index contributed by atoms with van der Waals surface area (Å²) in [7, 11) is 0. The maximum Gasteiger partial charge on any atom is 0.227 e. The van der Waals surface area contributed by atoms with Crippen molar-refractivity contribution >= 4 is 16.8 Å². The number of rotatable bonds is 4. The van der Waals surface area contributed by atoms with Gasteiger partial charge in [-0.2, -0.15) is 0 Å².